The fourth-order valence-corrected chi connectivity index (χ4v) is 1.78. The van der Waals surface area contributed by atoms with Crippen LogP contribution in [0.15, 0.2) is 6.33 Å². The van der Waals surface area contributed by atoms with E-state index in [0.717, 1.165) is 24.2 Å². The third-order valence-electron chi connectivity index (χ3n) is 2.58. The highest BCUT2D eigenvalue weighted by Crippen LogP contribution is 2.12. The first-order valence-electron chi connectivity index (χ1n) is 5.24. The zero-order valence-corrected chi connectivity index (χ0v) is 8.82. The molecule has 0 fully saturated rings. The Morgan fingerprint density at radius 2 is 2.40 bits per heavy atom. The Balaban J connectivity index is 1.99. The van der Waals surface area contributed by atoms with Gasteiger partial charge in [-0.2, -0.15) is 0 Å². The van der Waals surface area contributed by atoms with Crippen LogP contribution in [0.25, 0.3) is 0 Å². The van der Waals surface area contributed by atoms with Crippen LogP contribution in [-0.2, 0) is 17.6 Å². The lowest BCUT2D eigenvalue weighted by molar-refractivity contribution is 0.109. The van der Waals surface area contributed by atoms with E-state index < -0.39 is 0 Å². The van der Waals surface area contributed by atoms with Gasteiger partial charge in [-0.3, -0.25) is 0 Å². The zero-order chi connectivity index (χ0) is 10.7. The largest absolute Gasteiger partial charge is 0.450 e. The fourth-order valence-electron chi connectivity index (χ4n) is 1.78. The Labute approximate surface area is 88.4 Å². The van der Waals surface area contributed by atoms with E-state index >= 15 is 0 Å². The van der Waals surface area contributed by atoms with Gasteiger partial charge in [0.25, 0.3) is 0 Å². The molecule has 0 atom stereocenters. The smallest absolute Gasteiger partial charge is 0.409 e. The average molecular weight is 209 g/mol. The normalized spacial score (nSPS) is 15.7. The zero-order valence-electron chi connectivity index (χ0n) is 8.82. The van der Waals surface area contributed by atoms with Crippen LogP contribution in [0.3, 0.4) is 0 Å². The Hall–Kier alpha value is -1.52. The number of rotatable bonds is 1. The lowest BCUT2D eigenvalue weighted by Crippen LogP contribution is -2.33. The standard InChI is InChI=1S/C10H15N3O2/c1-2-15-10(14)13-5-3-8-9(4-6-13)12-7-11-8/h7H,2-6H2,1H3,(H,11,12). The topological polar surface area (TPSA) is 58.2 Å². The summed E-state index contributed by atoms with van der Waals surface area (Å²) >= 11 is 0. The van der Waals surface area contributed by atoms with Crippen LogP contribution >= 0.6 is 0 Å². The second-order valence-corrected chi connectivity index (χ2v) is 3.51. The molecule has 82 valence electrons. The molecular weight excluding hydrogens is 194 g/mol. The molecule has 2 heterocycles. The number of carbonyl (C=O) groups is 1. The molecule has 0 aliphatic carbocycles. The van der Waals surface area contributed by atoms with Crippen molar-refractivity contribution in [3.63, 3.8) is 0 Å². The molecule has 1 aromatic heterocycles. The van der Waals surface area contributed by atoms with Crippen molar-refractivity contribution in [1.29, 1.82) is 0 Å². The van der Waals surface area contributed by atoms with E-state index in [1.54, 1.807) is 11.2 Å². The predicted octanol–water partition coefficient (Wildman–Crippen LogP) is 0.967. The van der Waals surface area contributed by atoms with Crippen molar-refractivity contribution in [2.45, 2.75) is 19.8 Å². The molecular formula is C10H15N3O2. The third kappa shape index (κ3) is 2.11. The van der Waals surface area contributed by atoms with Gasteiger partial charge < -0.3 is 14.6 Å². The summed E-state index contributed by atoms with van der Waals surface area (Å²) < 4.78 is 4.97. The number of amides is 1. The molecule has 0 unspecified atom stereocenters. The molecule has 0 aromatic carbocycles. The molecule has 1 aromatic rings. The van der Waals surface area contributed by atoms with E-state index in [9.17, 15) is 4.79 Å². The molecule has 2 rings (SSSR count). The van der Waals surface area contributed by atoms with Crippen LogP contribution in [0.5, 0.6) is 0 Å². The average Bonchev–Trinajstić information content (AvgIpc) is 2.58. The van der Waals surface area contributed by atoms with Gasteiger partial charge in [0.05, 0.1) is 18.6 Å². The molecule has 0 saturated heterocycles. The van der Waals surface area contributed by atoms with E-state index in [2.05, 4.69) is 9.97 Å². The summed E-state index contributed by atoms with van der Waals surface area (Å²) in [5, 5.41) is 0. The molecule has 1 N–H and O–H groups in total. The highest BCUT2D eigenvalue weighted by Gasteiger charge is 2.20. The third-order valence-corrected chi connectivity index (χ3v) is 2.58. The lowest BCUT2D eigenvalue weighted by atomic mass is 10.2. The summed E-state index contributed by atoms with van der Waals surface area (Å²) in [4.78, 5) is 20.6. The molecule has 5 nitrogen and oxygen atoms in total. The van der Waals surface area contributed by atoms with Gasteiger partial charge in [-0.15, -0.1) is 0 Å². The number of aromatic amines is 1. The molecule has 0 radical (unpaired) electrons. The predicted molar refractivity (Wildman–Crippen MR) is 54.6 cm³/mol. The number of fused-ring (bicyclic) bond motifs is 1. The van der Waals surface area contributed by atoms with Gasteiger partial charge in [-0.25, -0.2) is 9.78 Å². The number of imidazole rings is 1. The summed E-state index contributed by atoms with van der Waals surface area (Å²) in [6, 6.07) is 0. The van der Waals surface area contributed by atoms with Gasteiger partial charge in [0.15, 0.2) is 0 Å². The van der Waals surface area contributed by atoms with Crippen molar-refractivity contribution in [3.05, 3.63) is 17.7 Å². The van der Waals surface area contributed by atoms with E-state index in [0.29, 0.717) is 19.7 Å². The van der Waals surface area contributed by atoms with Crippen LogP contribution in [0.4, 0.5) is 4.79 Å². The summed E-state index contributed by atoms with van der Waals surface area (Å²) in [5.41, 5.74) is 2.21. The maximum atomic E-state index is 11.5. The Kier molecular flexibility index (Phi) is 2.89. The van der Waals surface area contributed by atoms with E-state index in [1.165, 1.54) is 0 Å². The first-order chi connectivity index (χ1) is 7.31. The van der Waals surface area contributed by atoms with Crippen LogP contribution in [0.1, 0.15) is 18.3 Å². The number of aromatic nitrogens is 2. The Morgan fingerprint density at radius 1 is 1.60 bits per heavy atom. The monoisotopic (exact) mass is 209 g/mol. The van der Waals surface area contributed by atoms with Crippen molar-refractivity contribution in [2.24, 2.45) is 0 Å². The maximum absolute atomic E-state index is 11.5. The molecule has 5 heteroatoms. The number of hydrogen-bond acceptors (Lipinski definition) is 3. The number of H-pyrrole nitrogens is 1. The number of hydrogen-bond donors (Lipinski definition) is 1. The molecule has 0 saturated carbocycles. The van der Waals surface area contributed by atoms with Crippen molar-refractivity contribution in [2.75, 3.05) is 19.7 Å². The van der Waals surface area contributed by atoms with Crippen molar-refractivity contribution in [1.82, 2.24) is 14.9 Å². The van der Waals surface area contributed by atoms with Crippen molar-refractivity contribution >= 4 is 6.09 Å². The molecule has 0 bridgehead atoms. The minimum absolute atomic E-state index is 0.220. The Morgan fingerprint density at radius 3 is 3.20 bits per heavy atom. The van der Waals surface area contributed by atoms with E-state index in [1.807, 2.05) is 6.92 Å². The first-order valence-corrected chi connectivity index (χ1v) is 5.24. The highest BCUT2D eigenvalue weighted by molar-refractivity contribution is 5.67. The van der Waals surface area contributed by atoms with E-state index in [4.69, 9.17) is 4.74 Å². The van der Waals surface area contributed by atoms with Crippen LogP contribution in [0, 0.1) is 0 Å². The van der Waals surface area contributed by atoms with Crippen molar-refractivity contribution in [3.8, 4) is 0 Å². The number of carbonyl (C=O) groups excluding carboxylic acids is 1. The summed E-state index contributed by atoms with van der Waals surface area (Å²) in [6.45, 7) is 3.64. The van der Waals surface area contributed by atoms with Crippen molar-refractivity contribution < 1.29 is 9.53 Å². The molecule has 15 heavy (non-hydrogen) atoms. The first kappa shape index (κ1) is 10.0. The van der Waals surface area contributed by atoms with Gasteiger partial charge in [0.1, 0.15) is 0 Å². The van der Waals surface area contributed by atoms with Gasteiger partial charge in [-0.1, -0.05) is 0 Å². The number of nitrogens with one attached hydrogen (secondary N) is 1. The number of nitrogens with zero attached hydrogens (tertiary/aromatic N) is 2. The second-order valence-electron chi connectivity index (χ2n) is 3.51. The molecule has 1 aliphatic rings. The molecule has 1 amide bonds. The summed E-state index contributed by atoms with van der Waals surface area (Å²) in [6.07, 6.45) is 3.12. The van der Waals surface area contributed by atoms with Gasteiger partial charge in [-0.05, 0) is 6.92 Å². The summed E-state index contributed by atoms with van der Waals surface area (Å²) in [5.74, 6) is 0. The maximum Gasteiger partial charge on any atom is 0.409 e. The van der Waals surface area contributed by atoms with Crippen LogP contribution < -0.4 is 0 Å². The fraction of sp³-hybridized carbons (Fsp3) is 0.600. The molecule has 1 aliphatic heterocycles. The second kappa shape index (κ2) is 4.33. The SMILES string of the molecule is CCOC(=O)N1CCc2nc[nH]c2CC1. The van der Waals surface area contributed by atoms with Gasteiger partial charge in [0.2, 0.25) is 0 Å². The van der Waals surface area contributed by atoms with Gasteiger partial charge >= 0.3 is 6.09 Å². The summed E-state index contributed by atoms with van der Waals surface area (Å²) in [7, 11) is 0. The molecule has 0 spiro atoms. The van der Waals surface area contributed by atoms with Gasteiger partial charge in [0, 0.05) is 31.6 Å². The van der Waals surface area contributed by atoms with Crippen LogP contribution in [-0.4, -0.2) is 40.7 Å². The van der Waals surface area contributed by atoms with E-state index in [-0.39, 0.29) is 6.09 Å². The highest BCUT2D eigenvalue weighted by atomic mass is 16.6. The Bertz CT molecular complexity index is 326. The quantitative estimate of drug-likeness (QED) is 0.749. The minimum Gasteiger partial charge on any atom is -0.450 e. The number of ether oxygens (including phenoxy) is 1. The minimum atomic E-state index is -0.220. The van der Waals surface area contributed by atoms with Crippen LogP contribution in [0.2, 0.25) is 0 Å². The lowest BCUT2D eigenvalue weighted by Gasteiger charge is -2.18.